The Morgan fingerprint density at radius 2 is 2.11 bits per heavy atom. The van der Waals surface area contributed by atoms with Crippen LogP contribution in [0, 0.1) is 23.1 Å². The van der Waals surface area contributed by atoms with Crippen molar-refractivity contribution in [3.05, 3.63) is 35.1 Å². The maximum Gasteiger partial charge on any atom is 0.407 e. The minimum atomic E-state index is -0.592. The average Bonchev–Trinajstić information content (AvgIpc) is 2.34. The number of alkyl carbamates (subject to hydrolysis) is 1. The number of methoxy groups -OCH3 is 1. The second-order valence-corrected chi connectivity index (χ2v) is 5.15. The summed E-state index contributed by atoms with van der Waals surface area (Å²) in [5, 5.41) is 2.44. The number of halogens is 1. The summed E-state index contributed by atoms with van der Waals surface area (Å²) < 4.78 is 18.0. The maximum atomic E-state index is 13.6. The van der Waals surface area contributed by atoms with Gasteiger partial charge in [-0.15, -0.1) is 0 Å². The number of nitrogens with one attached hydrogen (secondary N) is 1. The van der Waals surface area contributed by atoms with Gasteiger partial charge in [-0.3, -0.25) is 0 Å². The molecule has 0 bridgehead atoms. The van der Waals surface area contributed by atoms with Crippen molar-refractivity contribution in [1.29, 1.82) is 0 Å². The molecule has 102 valence electrons. The van der Waals surface area contributed by atoms with Crippen LogP contribution in [0.1, 0.15) is 31.9 Å². The Balaban J connectivity index is 2.87. The number of hydrogen-bond donors (Lipinski definition) is 1. The van der Waals surface area contributed by atoms with E-state index >= 15 is 0 Å². The Morgan fingerprint density at radius 3 is 2.68 bits per heavy atom. The zero-order valence-electron chi connectivity index (χ0n) is 11.6. The Morgan fingerprint density at radius 1 is 1.42 bits per heavy atom. The molecule has 1 amide bonds. The molecule has 19 heavy (non-hydrogen) atoms. The zero-order chi connectivity index (χ0) is 14.5. The molecule has 0 radical (unpaired) electrons. The molecule has 0 saturated heterocycles. The van der Waals surface area contributed by atoms with Crippen LogP contribution in [0.4, 0.5) is 9.18 Å². The maximum absolute atomic E-state index is 13.6. The highest BCUT2D eigenvalue weighted by Gasteiger charge is 2.06. The van der Waals surface area contributed by atoms with Crippen LogP contribution in [-0.4, -0.2) is 13.2 Å². The number of benzene rings is 1. The molecule has 0 atom stereocenters. The molecule has 0 heterocycles. The fourth-order valence-electron chi connectivity index (χ4n) is 1.29. The molecule has 0 spiro atoms. The summed E-state index contributed by atoms with van der Waals surface area (Å²) >= 11 is 0. The molecular formula is C15H18FNO2. The molecule has 4 heteroatoms. The van der Waals surface area contributed by atoms with Crippen molar-refractivity contribution < 1.29 is 13.9 Å². The lowest BCUT2D eigenvalue weighted by molar-refractivity contribution is 0.170. The number of rotatable bonds is 2. The number of hydrogen-bond acceptors (Lipinski definition) is 2. The van der Waals surface area contributed by atoms with E-state index in [2.05, 4.69) is 21.9 Å². The number of carbonyl (C=O) groups excluding carboxylic acids is 1. The first-order valence-corrected chi connectivity index (χ1v) is 5.95. The summed E-state index contributed by atoms with van der Waals surface area (Å²) in [6, 6.07) is 4.60. The molecule has 0 aliphatic rings. The largest absolute Gasteiger partial charge is 0.453 e. The first-order chi connectivity index (χ1) is 8.81. The van der Waals surface area contributed by atoms with Crippen LogP contribution in [0.25, 0.3) is 0 Å². The quantitative estimate of drug-likeness (QED) is 0.833. The lowest BCUT2D eigenvalue weighted by Crippen LogP contribution is -2.22. The van der Waals surface area contributed by atoms with Crippen LogP contribution in [0.5, 0.6) is 0 Å². The summed E-state index contributed by atoms with van der Waals surface area (Å²) in [6.07, 6.45) is -0.592. The van der Waals surface area contributed by atoms with Crippen molar-refractivity contribution in [3.63, 3.8) is 0 Å². The third kappa shape index (κ3) is 5.43. The van der Waals surface area contributed by atoms with Gasteiger partial charge in [0.1, 0.15) is 5.82 Å². The van der Waals surface area contributed by atoms with Gasteiger partial charge in [0.15, 0.2) is 0 Å². The predicted octanol–water partition coefficient (Wildman–Crippen LogP) is 3.08. The van der Waals surface area contributed by atoms with Crippen molar-refractivity contribution in [2.45, 2.75) is 27.3 Å². The van der Waals surface area contributed by atoms with E-state index in [0.29, 0.717) is 5.56 Å². The predicted molar refractivity (Wildman–Crippen MR) is 72.0 cm³/mol. The van der Waals surface area contributed by atoms with Crippen LogP contribution in [0.3, 0.4) is 0 Å². The SMILES string of the molecule is COC(=O)NCc1cc(C#CC(C)(C)C)ccc1F. The van der Waals surface area contributed by atoms with Gasteiger partial charge in [-0.1, -0.05) is 11.8 Å². The fraction of sp³-hybridized carbons (Fsp3) is 0.400. The summed E-state index contributed by atoms with van der Waals surface area (Å²) in [6.45, 7) is 6.08. The van der Waals surface area contributed by atoms with E-state index < -0.39 is 6.09 Å². The summed E-state index contributed by atoms with van der Waals surface area (Å²) in [5.74, 6) is 5.69. The molecule has 0 aliphatic carbocycles. The van der Waals surface area contributed by atoms with Gasteiger partial charge in [0.25, 0.3) is 0 Å². The molecule has 3 nitrogen and oxygen atoms in total. The van der Waals surface area contributed by atoms with Crippen LogP contribution in [0.15, 0.2) is 18.2 Å². The molecule has 0 saturated carbocycles. The highest BCUT2D eigenvalue weighted by molar-refractivity contribution is 5.66. The van der Waals surface area contributed by atoms with Crippen molar-refractivity contribution in [2.24, 2.45) is 5.41 Å². The topological polar surface area (TPSA) is 38.3 Å². The van der Waals surface area contributed by atoms with E-state index in [-0.39, 0.29) is 17.8 Å². The zero-order valence-corrected chi connectivity index (χ0v) is 11.6. The van der Waals surface area contributed by atoms with E-state index in [1.807, 2.05) is 20.8 Å². The monoisotopic (exact) mass is 263 g/mol. The Bertz CT molecular complexity index is 521. The van der Waals surface area contributed by atoms with E-state index in [1.54, 1.807) is 12.1 Å². The second-order valence-electron chi connectivity index (χ2n) is 5.15. The molecule has 1 rings (SSSR count). The summed E-state index contributed by atoms with van der Waals surface area (Å²) in [5.41, 5.74) is 0.989. The molecule has 0 aromatic heterocycles. The minimum Gasteiger partial charge on any atom is -0.453 e. The van der Waals surface area contributed by atoms with Crippen LogP contribution in [0.2, 0.25) is 0 Å². The molecule has 0 aliphatic heterocycles. The molecule has 1 aromatic carbocycles. The normalized spacial score (nSPS) is 10.4. The van der Waals surface area contributed by atoms with Gasteiger partial charge in [-0.25, -0.2) is 9.18 Å². The van der Waals surface area contributed by atoms with Gasteiger partial charge in [-0.2, -0.15) is 0 Å². The smallest absolute Gasteiger partial charge is 0.407 e. The minimum absolute atomic E-state index is 0.0730. The summed E-state index contributed by atoms with van der Waals surface area (Å²) in [7, 11) is 1.26. The van der Waals surface area contributed by atoms with Crippen LogP contribution < -0.4 is 5.32 Å². The Kier molecular flexibility index (Phi) is 4.94. The molecule has 0 fully saturated rings. The molecule has 1 aromatic rings. The summed E-state index contributed by atoms with van der Waals surface area (Å²) in [4.78, 5) is 11.0. The highest BCUT2D eigenvalue weighted by Crippen LogP contribution is 2.13. The van der Waals surface area contributed by atoms with Crippen LogP contribution >= 0.6 is 0 Å². The lowest BCUT2D eigenvalue weighted by Gasteiger charge is -2.08. The fourth-order valence-corrected chi connectivity index (χ4v) is 1.29. The van der Waals surface area contributed by atoms with Gasteiger partial charge in [0, 0.05) is 23.1 Å². The second kappa shape index (κ2) is 6.24. The molecule has 1 N–H and O–H groups in total. The third-order valence-corrected chi connectivity index (χ3v) is 2.24. The Labute approximate surface area is 113 Å². The van der Waals surface area contributed by atoms with Crippen LogP contribution in [-0.2, 0) is 11.3 Å². The lowest BCUT2D eigenvalue weighted by atomic mass is 9.97. The van der Waals surface area contributed by atoms with Gasteiger partial charge >= 0.3 is 6.09 Å². The number of amides is 1. The first kappa shape index (κ1) is 15.0. The highest BCUT2D eigenvalue weighted by atomic mass is 19.1. The van der Waals surface area contributed by atoms with E-state index in [1.165, 1.54) is 13.2 Å². The average molecular weight is 263 g/mol. The molecule has 0 unspecified atom stereocenters. The standard InChI is InChI=1S/C15H18FNO2/c1-15(2,3)8-7-11-5-6-13(16)12(9-11)10-17-14(18)19-4/h5-6,9H,10H2,1-4H3,(H,17,18). The van der Waals surface area contributed by atoms with Gasteiger partial charge in [0.05, 0.1) is 7.11 Å². The van der Waals surface area contributed by atoms with Crippen molar-refractivity contribution in [3.8, 4) is 11.8 Å². The third-order valence-electron chi connectivity index (χ3n) is 2.24. The van der Waals surface area contributed by atoms with E-state index in [9.17, 15) is 9.18 Å². The Hall–Kier alpha value is -2.02. The molecular weight excluding hydrogens is 245 g/mol. The first-order valence-electron chi connectivity index (χ1n) is 5.95. The number of carbonyl (C=O) groups is 1. The van der Waals surface area contributed by atoms with Crippen molar-refractivity contribution in [2.75, 3.05) is 7.11 Å². The van der Waals surface area contributed by atoms with E-state index in [4.69, 9.17) is 0 Å². The van der Waals surface area contributed by atoms with Gasteiger partial charge in [-0.05, 0) is 39.0 Å². The number of ether oxygens (including phenoxy) is 1. The van der Waals surface area contributed by atoms with Crippen molar-refractivity contribution in [1.82, 2.24) is 5.32 Å². The van der Waals surface area contributed by atoms with Gasteiger partial charge in [0.2, 0.25) is 0 Å². The van der Waals surface area contributed by atoms with Crippen molar-refractivity contribution >= 4 is 6.09 Å². The van der Waals surface area contributed by atoms with E-state index in [0.717, 1.165) is 5.56 Å². The van der Waals surface area contributed by atoms with Gasteiger partial charge < -0.3 is 10.1 Å².